The van der Waals surface area contributed by atoms with Crippen LogP contribution < -0.4 is 10.6 Å². The minimum atomic E-state index is 0. The minimum Gasteiger partial charge on any atom is -0.385 e. The molecule has 1 aliphatic heterocycles. The molecule has 0 aliphatic carbocycles. The lowest BCUT2D eigenvalue weighted by molar-refractivity contribution is 0.0203. The van der Waals surface area contributed by atoms with Crippen molar-refractivity contribution in [1.29, 1.82) is 0 Å². The fourth-order valence-electron chi connectivity index (χ4n) is 2.29. The molecule has 6 nitrogen and oxygen atoms in total. The third kappa shape index (κ3) is 12.9. The minimum absolute atomic E-state index is 0. The third-order valence-corrected chi connectivity index (χ3v) is 3.57. The van der Waals surface area contributed by atoms with Crippen LogP contribution in [-0.4, -0.2) is 65.7 Å². The number of nitrogens with one attached hydrogen (secondary N) is 2. The Balaban J connectivity index is 0.00000484. The number of methoxy groups -OCH3 is 1. The molecule has 0 radical (unpaired) electrons. The number of guanidine groups is 1. The Labute approximate surface area is 158 Å². The van der Waals surface area contributed by atoms with Crippen molar-refractivity contribution < 1.29 is 14.2 Å². The van der Waals surface area contributed by atoms with Gasteiger partial charge in [0.2, 0.25) is 0 Å². The Morgan fingerprint density at radius 2 is 1.96 bits per heavy atom. The molecule has 0 atom stereocenters. The van der Waals surface area contributed by atoms with Crippen LogP contribution in [0.25, 0.3) is 0 Å². The van der Waals surface area contributed by atoms with E-state index >= 15 is 0 Å². The maximum atomic E-state index is 5.76. The zero-order chi connectivity index (χ0) is 15.9. The van der Waals surface area contributed by atoms with Crippen molar-refractivity contribution >= 4 is 29.9 Å². The highest BCUT2D eigenvalue weighted by atomic mass is 127. The number of nitrogens with zero attached hydrogens (tertiary/aromatic N) is 1. The highest BCUT2D eigenvalue weighted by Gasteiger charge is 2.13. The molecule has 7 heteroatoms. The van der Waals surface area contributed by atoms with Gasteiger partial charge in [-0.25, -0.2) is 0 Å². The molecule has 1 heterocycles. The molecule has 1 aliphatic rings. The van der Waals surface area contributed by atoms with Gasteiger partial charge in [0, 0.05) is 59.8 Å². The molecule has 0 saturated carbocycles. The van der Waals surface area contributed by atoms with Crippen LogP contribution >= 0.6 is 24.0 Å². The Bertz CT molecular complexity index is 288. The van der Waals surface area contributed by atoms with Crippen LogP contribution in [0, 0.1) is 5.92 Å². The molecule has 1 rings (SSSR count). The number of rotatable bonds is 11. The highest BCUT2D eigenvalue weighted by Crippen LogP contribution is 2.14. The molecule has 1 saturated heterocycles. The average molecular weight is 443 g/mol. The molecule has 0 aromatic rings. The Morgan fingerprint density at radius 1 is 1.17 bits per heavy atom. The van der Waals surface area contributed by atoms with E-state index < -0.39 is 0 Å². The summed E-state index contributed by atoms with van der Waals surface area (Å²) in [6.45, 7) is 8.81. The number of aliphatic imine (C=N–C) groups is 1. The van der Waals surface area contributed by atoms with Crippen LogP contribution in [0.3, 0.4) is 0 Å². The van der Waals surface area contributed by atoms with Gasteiger partial charge >= 0.3 is 0 Å². The van der Waals surface area contributed by atoms with Gasteiger partial charge in [-0.1, -0.05) is 0 Å². The van der Waals surface area contributed by atoms with Gasteiger partial charge in [-0.15, -0.1) is 24.0 Å². The predicted molar refractivity (Wildman–Crippen MR) is 105 cm³/mol. The molecule has 0 bridgehead atoms. The summed E-state index contributed by atoms with van der Waals surface area (Å²) in [4.78, 5) is 4.50. The lowest BCUT2D eigenvalue weighted by Gasteiger charge is -2.21. The molecule has 2 N–H and O–H groups in total. The van der Waals surface area contributed by atoms with Gasteiger partial charge < -0.3 is 24.8 Å². The number of hydrogen-bond acceptors (Lipinski definition) is 4. The van der Waals surface area contributed by atoms with E-state index in [0.717, 1.165) is 84.3 Å². The van der Waals surface area contributed by atoms with Crippen molar-refractivity contribution in [3.8, 4) is 0 Å². The van der Waals surface area contributed by atoms with Crippen molar-refractivity contribution in [3.63, 3.8) is 0 Å². The van der Waals surface area contributed by atoms with Crippen molar-refractivity contribution in [2.75, 3.05) is 59.8 Å². The van der Waals surface area contributed by atoms with E-state index in [0.29, 0.717) is 5.92 Å². The molecular weight excluding hydrogens is 409 g/mol. The van der Waals surface area contributed by atoms with E-state index in [4.69, 9.17) is 14.2 Å². The molecule has 0 spiro atoms. The maximum Gasteiger partial charge on any atom is 0.191 e. The van der Waals surface area contributed by atoms with Gasteiger partial charge in [-0.2, -0.15) is 0 Å². The van der Waals surface area contributed by atoms with E-state index in [-0.39, 0.29) is 24.0 Å². The molecule has 23 heavy (non-hydrogen) atoms. The number of ether oxygens (including phenoxy) is 3. The normalized spacial score (nSPS) is 16.0. The van der Waals surface area contributed by atoms with Crippen LogP contribution in [0.1, 0.15) is 32.6 Å². The molecular formula is C16H34IN3O3. The SMILES string of the molecule is CCNC(=NCCCOC)NCCCOCC1CCOCC1.I. The molecule has 0 aromatic carbocycles. The number of halogens is 1. The summed E-state index contributed by atoms with van der Waals surface area (Å²) in [5.74, 6) is 1.56. The Kier molecular flexibility index (Phi) is 16.6. The van der Waals surface area contributed by atoms with Gasteiger partial charge in [-0.3, -0.25) is 4.99 Å². The van der Waals surface area contributed by atoms with Crippen LogP contribution in [-0.2, 0) is 14.2 Å². The first-order chi connectivity index (χ1) is 10.9. The van der Waals surface area contributed by atoms with Gasteiger partial charge in [0.05, 0.1) is 0 Å². The van der Waals surface area contributed by atoms with Gasteiger partial charge in [0.15, 0.2) is 5.96 Å². The van der Waals surface area contributed by atoms with E-state index in [9.17, 15) is 0 Å². The average Bonchev–Trinajstić information content (AvgIpc) is 2.55. The van der Waals surface area contributed by atoms with Crippen molar-refractivity contribution in [2.45, 2.75) is 32.6 Å². The molecule has 1 fully saturated rings. The zero-order valence-corrected chi connectivity index (χ0v) is 17.0. The highest BCUT2D eigenvalue weighted by molar-refractivity contribution is 14.0. The van der Waals surface area contributed by atoms with Crippen LogP contribution in [0.5, 0.6) is 0 Å². The molecule has 0 amide bonds. The van der Waals surface area contributed by atoms with Crippen LogP contribution in [0.4, 0.5) is 0 Å². The fraction of sp³-hybridized carbons (Fsp3) is 0.938. The molecule has 0 aromatic heterocycles. The quantitative estimate of drug-likeness (QED) is 0.222. The third-order valence-electron chi connectivity index (χ3n) is 3.57. The first kappa shape index (κ1) is 22.9. The lowest BCUT2D eigenvalue weighted by Crippen LogP contribution is -2.38. The number of hydrogen-bond donors (Lipinski definition) is 2. The summed E-state index contributed by atoms with van der Waals surface area (Å²) >= 11 is 0. The van der Waals surface area contributed by atoms with Crippen LogP contribution in [0.15, 0.2) is 4.99 Å². The second kappa shape index (κ2) is 16.7. The smallest absolute Gasteiger partial charge is 0.191 e. The Hall–Kier alpha value is -0.120. The van der Waals surface area contributed by atoms with E-state index in [1.807, 2.05) is 0 Å². The van der Waals surface area contributed by atoms with E-state index in [2.05, 4.69) is 22.5 Å². The fourth-order valence-corrected chi connectivity index (χ4v) is 2.29. The summed E-state index contributed by atoms with van der Waals surface area (Å²) < 4.78 is 16.1. The maximum absolute atomic E-state index is 5.76. The predicted octanol–water partition coefficient (Wildman–Crippen LogP) is 2.03. The lowest BCUT2D eigenvalue weighted by atomic mass is 10.0. The molecule has 0 unspecified atom stereocenters. The van der Waals surface area contributed by atoms with Crippen LogP contribution in [0.2, 0.25) is 0 Å². The molecule has 138 valence electrons. The summed E-state index contributed by atoms with van der Waals surface area (Å²) in [6.07, 6.45) is 4.21. The summed E-state index contributed by atoms with van der Waals surface area (Å²) in [5.41, 5.74) is 0. The standard InChI is InChI=1S/C16H33N3O3.HI/c1-3-17-16(18-8-4-10-20-2)19-9-5-11-22-14-15-6-12-21-13-7-15;/h15H,3-14H2,1-2H3,(H2,17,18,19);1H. The largest absolute Gasteiger partial charge is 0.385 e. The topological polar surface area (TPSA) is 64.1 Å². The Morgan fingerprint density at radius 3 is 2.65 bits per heavy atom. The monoisotopic (exact) mass is 443 g/mol. The second-order valence-electron chi connectivity index (χ2n) is 5.52. The first-order valence-corrected chi connectivity index (χ1v) is 8.53. The van der Waals surface area contributed by atoms with Gasteiger partial charge in [0.25, 0.3) is 0 Å². The summed E-state index contributed by atoms with van der Waals surface area (Å²) in [6, 6.07) is 0. The van der Waals surface area contributed by atoms with Gasteiger partial charge in [-0.05, 0) is 38.5 Å². The summed E-state index contributed by atoms with van der Waals surface area (Å²) in [7, 11) is 1.72. The van der Waals surface area contributed by atoms with E-state index in [1.165, 1.54) is 0 Å². The first-order valence-electron chi connectivity index (χ1n) is 8.53. The summed E-state index contributed by atoms with van der Waals surface area (Å²) in [5, 5.41) is 6.58. The van der Waals surface area contributed by atoms with Gasteiger partial charge in [0.1, 0.15) is 0 Å². The van der Waals surface area contributed by atoms with Crippen molar-refractivity contribution in [2.24, 2.45) is 10.9 Å². The van der Waals surface area contributed by atoms with Crippen molar-refractivity contribution in [1.82, 2.24) is 10.6 Å². The second-order valence-corrected chi connectivity index (χ2v) is 5.52. The van der Waals surface area contributed by atoms with E-state index in [1.54, 1.807) is 7.11 Å². The van der Waals surface area contributed by atoms with Crippen molar-refractivity contribution in [3.05, 3.63) is 0 Å². The zero-order valence-electron chi connectivity index (χ0n) is 14.6.